The lowest BCUT2D eigenvalue weighted by Gasteiger charge is -2.13. The van der Waals surface area contributed by atoms with Crippen LogP contribution in [-0.2, 0) is 6.54 Å². The first-order valence-corrected chi connectivity index (χ1v) is 8.84. The van der Waals surface area contributed by atoms with Crippen LogP contribution in [0.2, 0.25) is 0 Å². The van der Waals surface area contributed by atoms with E-state index in [1.165, 1.54) is 12.1 Å². The Balaban J connectivity index is 1.70. The van der Waals surface area contributed by atoms with Gasteiger partial charge in [0, 0.05) is 36.9 Å². The summed E-state index contributed by atoms with van der Waals surface area (Å²) in [6.07, 6.45) is 0.858. The minimum Gasteiger partial charge on any atom is -0.490 e. The summed E-state index contributed by atoms with van der Waals surface area (Å²) in [6, 6.07) is 12.1. The Bertz CT molecular complexity index is 821. The quantitative estimate of drug-likeness (QED) is 0.363. The summed E-state index contributed by atoms with van der Waals surface area (Å²) in [7, 11) is 0. The minimum absolute atomic E-state index is 0.0694. The lowest BCUT2D eigenvalue weighted by atomic mass is 10.2. The Morgan fingerprint density at radius 3 is 2.59 bits per heavy atom. The Labute approximate surface area is 157 Å². The van der Waals surface area contributed by atoms with E-state index in [4.69, 9.17) is 9.47 Å². The second-order valence-electron chi connectivity index (χ2n) is 5.96. The molecule has 1 aliphatic heterocycles. The molecule has 0 fully saturated rings. The van der Waals surface area contributed by atoms with Gasteiger partial charge in [-0.1, -0.05) is 12.1 Å². The second-order valence-corrected chi connectivity index (χ2v) is 5.96. The summed E-state index contributed by atoms with van der Waals surface area (Å²) >= 11 is 0. The molecule has 2 aromatic carbocycles. The molecule has 2 N–H and O–H groups in total. The Kier molecular flexibility index (Phi) is 6.09. The Morgan fingerprint density at radius 2 is 1.89 bits per heavy atom. The van der Waals surface area contributed by atoms with Crippen molar-refractivity contribution in [2.24, 2.45) is 4.99 Å². The van der Waals surface area contributed by atoms with E-state index < -0.39 is 4.92 Å². The molecule has 8 nitrogen and oxygen atoms in total. The molecule has 0 bridgehead atoms. The number of non-ortho nitro benzene ring substituents is 1. The molecule has 0 atom stereocenters. The minimum atomic E-state index is -0.414. The normalized spacial score (nSPS) is 13.6. The van der Waals surface area contributed by atoms with Crippen molar-refractivity contribution < 1.29 is 14.4 Å². The highest BCUT2D eigenvalue weighted by atomic mass is 16.6. The summed E-state index contributed by atoms with van der Waals surface area (Å²) in [5.74, 6) is 2.07. The fraction of sp³-hybridized carbons (Fsp3) is 0.316. The lowest BCUT2D eigenvalue weighted by Crippen LogP contribution is -2.30. The number of anilines is 1. The average molecular weight is 370 g/mol. The third-order valence-electron chi connectivity index (χ3n) is 3.92. The highest BCUT2D eigenvalue weighted by molar-refractivity contribution is 5.93. The van der Waals surface area contributed by atoms with Crippen molar-refractivity contribution in [1.82, 2.24) is 5.32 Å². The molecule has 2 aromatic rings. The molecule has 0 spiro atoms. The highest BCUT2D eigenvalue weighted by Crippen LogP contribution is 2.32. The number of nitro benzene ring substituents is 1. The van der Waals surface area contributed by atoms with E-state index >= 15 is 0 Å². The predicted molar refractivity (Wildman–Crippen MR) is 104 cm³/mol. The van der Waals surface area contributed by atoms with E-state index in [9.17, 15) is 10.1 Å². The zero-order valence-electron chi connectivity index (χ0n) is 15.1. The van der Waals surface area contributed by atoms with Crippen molar-refractivity contribution >= 4 is 17.3 Å². The van der Waals surface area contributed by atoms with E-state index in [1.807, 2.05) is 25.1 Å². The number of nitrogens with one attached hydrogen (secondary N) is 2. The second kappa shape index (κ2) is 8.88. The molecule has 8 heteroatoms. The van der Waals surface area contributed by atoms with Crippen LogP contribution >= 0.6 is 0 Å². The van der Waals surface area contributed by atoms with Gasteiger partial charge in [-0.3, -0.25) is 10.1 Å². The van der Waals surface area contributed by atoms with Crippen LogP contribution in [0.5, 0.6) is 11.5 Å². The molecule has 0 saturated heterocycles. The van der Waals surface area contributed by atoms with Crippen LogP contribution in [0.3, 0.4) is 0 Å². The molecule has 0 aromatic heterocycles. The first-order valence-electron chi connectivity index (χ1n) is 8.84. The van der Waals surface area contributed by atoms with E-state index in [0.717, 1.165) is 23.4 Å². The van der Waals surface area contributed by atoms with Crippen LogP contribution in [-0.4, -0.2) is 30.6 Å². The van der Waals surface area contributed by atoms with Crippen LogP contribution in [0.25, 0.3) is 0 Å². The SMILES string of the molecule is CCNC(=NCc1ccc([N+](=O)[O-])cc1)Nc1ccc2c(c1)OCCCO2. The molecule has 0 aliphatic carbocycles. The standard InChI is InChI=1S/C19H22N4O4/c1-2-20-19(21-13-14-4-7-16(8-5-14)23(24)25)22-15-6-9-17-18(12-15)27-11-3-10-26-17/h4-9,12H,2-3,10-11,13H2,1H3,(H2,20,21,22). The van der Waals surface area contributed by atoms with Crippen LogP contribution in [0.15, 0.2) is 47.5 Å². The zero-order chi connectivity index (χ0) is 19.1. The summed E-state index contributed by atoms with van der Waals surface area (Å²) in [5.41, 5.74) is 1.79. The van der Waals surface area contributed by atoms with Crippen molar-refractivity contribution in [2.75, 3.05) is 25.1 Å². The van der Waals surface area contributed by atoms with Crippen molar-refractivity contribution in [2.45, 2.75) is 19.9 Å². The molecule has 1 aliphatic rings. The molecule has 0 saturated carbocycles. The smallest absolute Gasteiger partial charge is 0.269 e. The van der Waals surface area contributed by atoms with Gasteiger partial charge in [0.15, 0.2) is 17.5 Å². The number of benzene rings is 2. The van der Waals surface area contributed by atoms with Crippen LogP contribution in [0.1, 0.15) is 18.9 Å². The van der Waals surface area contributed by atoms with E-state index in [0.29, 0.717) is 38.0 Å². The first-order chi connectivity index (χ1) is 13.2. The van der Waals surface area contributed by atoms with E-state index in [-0.39, 0.29) is 5.69 Å². The van der Waals surface area contributed by atoms with Gasteiger partial charge in [-0.25, -0.2) is 4.99 Å². The molecule has 27 heavy (non-hydrogen) atoms. The summed E-state index contributed by atoms with van der Waals surface area (Å²) in [6.45, 7) is 4.37. The molecule has 1 heterocycles. The van der Waals surface area contributed by atoms with Crippen molar-refractivity contribution in [3.63, 3.8) is 0 Å². The van der Waals surface area contributed by atoms with Gasteiger partial charge < -0.3 is 20.1 Å². The summed E-state index contributed by atoms with van der Waals surface area (Å²) in [5, 5.41) is 17.2. The number of rotatable bonds is 5. The molecular weight excluding hydrogens is 348 g/mol. The Morgan fingerprint density at radius 1 is 1.15 bits per heavy atom. The van der Waals surface area contributed by atoms with Crippen LogP contribution < -0.4 is 20.1 Å². The van der Waals surface area contributed by atoms with Crippen molar-refractivity contribution in [3.05, 3.63) is 58.1 Å². The van der Waals surface area contributed by atoms with Gasteiger partial charge >= 0.3 is 0 Å². The fourth-order valence-corrected chi connectivity index (χ4v) is 2.58. The number of nitrogens with zero attached hydrogens (tertiary/aromatic N) is 2. The molecule has 0 unspecified atom stereocenters. The predicted octanol–water partition coefficient (Wildman–Crippen LogP) is 3.33. The number of nitro groups is 1. The number of ether oxygens (including phenoxy) is 2. The largest absolute Gasteiger partial charge is 0.490 e. The maximum atomic E-state index is 10.7. The maximum absolute atomic E-state index is 10.7. The number of hydrogen-bond acceptors (Lipinski definition) is 5. The van der Waals surface area contributed by atoms with Gasteiger partial charge in [0.25, 0.3) is 5.69 Å². The van der Waals surface area contributed by atoms with Crippen molar-refractivity contribution in [3.8, 4) is 11.5 Å². The summed E-state index contributed by atoms with van der Waals surface area (Å²) in [4.78, 5) is 14.9. The fourth-order valence-electron chi connectivity index (χ4n) is 2.58. The van der Waals surface area contributed by atoms with Gasteiger partial charge in [-0.2, -0.15) is 0 Å². The van der Waals surface area contributed by atoms with Crippen molar-refractivity contribution in [1.29, 1.82) is 0 Å². The maximum Gasteiger partial charge on any atom is 0.269 e. The van der Waals surface area contributed by atoms with Gasteiger partial charge in [-0.15, -0.1) is 0 Å². The van der Waals surface area contributed by atoms with Crippen LogP contribution in [0.4, 0.5) is 11.4 Å². The third-order valence-corrected chi connectivity index (χ3v) is 3.92. The zero-order valence-corrected chi connectivity index (χ0v) is 15.1. The highest BCUT2D eigenvalue weighted by Gasteiger charge is 2.11. The van der Waals surface area contributed by atoms with Gasteiger partial charge in [0.05, 0.1) is 24.7 Å². The number of aliphatic imine (C=N–C) groups is 1. The molecule has 0 radical (unpaired) electrons. The van der Waals surface area contributed by atoms with Gasteiger partial charge in [0.1, 0.15) is 0 Å². The number of hydrogen-bond donors (Lipinski definition) is 2. The average Bonchev–Trinajstić information content (AvgIpc) is 2.91. The van der Waals surface area contributed by atoms with Gasteiger partial charge in [-0.05, 0) is 24.6 Å². The topological polar surface area (TPSA) is 98.0 Å². The number of guanidine groups is 1. The Hall–Kier alpha value is -3.29. The van der Waals surface area contributed by atoms with E-state index in [2.05, 4.69) is 15.6 Å². The van der Waals surface area contributed by atoms with Gasteiger partial charge in [0.2, 0.25) is 0 Å². The molecule has 0 amide bonds. The molecule has 142 valence electrons. The summed E-state index contributed by atoms with van der Waals surface area (Å²) < 4.78 is 11.4. The lowest BCUT2D eigenvalue weighted by molar-refractivity contribution is -0.384. The first kappa shape index (κ1) is 18.5. The number of fused-ring (bicyclic) bond motifs is 1. The van der Waals surface area contributed by atoms with E-state index in [1.54, 1.807) is 12.1 Å². The van der Waals surface area contributed by atoms with Crippen LogP contribution in [0, 0.1) is 10.1 Å². The third kappa shape index (κ3) is 5.10. The molecular formula is C19H22N4O4. The monoisotopic (exact) mass is 370 g/mol. The molecule has 3 rings (SSSR count).